The van der Waals surface area contributed by atoms with E-state index in [-0.39, 0.29) is 18.8 Å². The molecular weight excluding hydrogens is 267 g/mol. The van der Waals surface area contributed by atoms with Gasteiger partial charge >= 0.3 is 0 Å². The largest absolute Gasteiger partial charge is 0.326 e. The number of nitriles is 1. The Hall–Kier alpha value is -2.71. The molecule has 1 aromatic heterocycles. The Morgan fingerprint density at radius 3 is 2.76 bits per heavy atom. The number of hydrogen-bond donors (Lipinski definition) is 1. The predicted molar refractivity (Wildman–Crippen MR) is 78.2 cm³/mol. The summed E-state index contributed by atoms with van der Waals surface area (Å²) in [6, 6.07) is 14.3. The summed E-state index contributed by atoms with van der Waals surface area (Å²) >= 11 is 0. The van der Waals surface area contributed by atoms with E-state index in [9.17, 15) is 4.39 Å². The third-order valence-corrected chi connectivity index (χ3v) is 3.38. The molecule has 21 heavy (non-hydrogen) atoms. The number of rotatable bonds is 3. The molecule has 104 valence electrons. The zero-order valence-electron chi connectivity index (χ0n) is 11.3. The normalized spacial score (nSPS) is 10.7. The molecule has 0 amide bonds. The van der Waals surface area contributed by atoms with Crippen LogP contribution >= 0.6 is 0 Å². The van der Waals surface area contributed by atoms with Crippen molar-refractivity contribution in [3.05, 3.63) is 59.7 Å². The van der Waals surface area contributed by atoms with Gasteiger partial charge in [-0.1, -0.05) is 24.3 Å². The van der Waals surface area contributed by atoms with Crippen molar-refractivity contribution in [1.82, 2.24) is 9.55 Å². The lowest BCUT2D eigenvalue weighted by Crippen LogP contribution is -2.09. The predicted octanol–water partition coefficient (Wildman–Crippen LogP) is 2.69. The van der Waals surface area contributed by atoms with Crippen molar-refractivity contribution in [2.75, 3.05) is 0 Å². The maximum atomic E-state index is 14.4. The average Bonchev–Trinajstić information content (AvgIpc) is 2.85. The van der Waals surface area contributed by atoms with Crippen LogP contribution in [-0.2, 0) is 13.0 Å². The van der Waals surface area contributed by atoms with Crippen molar-refractivity contribution < 1.29 is 4.39 Å². The monoisotopic (exact) mass is 280 g/mol. The van der Waals surface area contributed by atoms with Gasteiger partial charge in [0.1, 0.15) is 11.6 Å². The summed E-state index contributed by atoms with van der Waals surface area (Å²) in [7, 11) is 0. The number of nitrogens with two attached hydrogens (primary N) is 1. The van der Waals surface area contributed by atoms with Crippen LogP contribution < -0.4 is 5.73 Å². The summed E-state index contributed by atoms with van der Waals surface area (Å²) < 4.78 is 16.1. The van der Waals surface area contributed by atoms with E-state index in [1.165, 1.54) is 6.07 Å². The fraction of sp³-hybridized carbons (Fsp3) is 0.125. The number of aromatic nitrogens is 2. The summed E-state index contributed by atoms with van der Waals surface area (Å²) in [4.78, 5) is 4.43. The highest BCUT2D eigenvalue weighted by Crippen LogP contribution is 2.26. The first kappa shape index (κ1) is 13.3. The standard InChI is InChI=1S/C16H13FN4/c17-12-5-3-4-11(10-19)16(12)21-14-7-2-1-6-13(14)20-15(21)8-9-18/h1-7H,8,10,19H2. The molecule has 0 saturated heterocycles. The Bertz CT molecular complexity index is 845. The zero-order valence-corrected chi connectivity index (χ0v) is 11.3. The highest BCUT2D eigenvalue weighted by molar-refractivity contribution is 5.78. The molecule has 3 rings (SSSR count). The Morgan fingerprint density at radius 2 is 2.00 bits per heavy atom. The first-order valence-electron chi connectivity index (χ1n) is 6.57. The second-order valence-electron chi connectivity index (χ2n) is 4.64. The Kier molecular flexibility index (Phi) is 3.38. The van der Waals surface area contributed by atoms with E-state index in [1.807, 2.05) is 24.3 Å². The second-order valence-corrected chi connectivity index (χ2v) is 4.64. The van der Waals surface area contributed by atoms with Gasteiger partial charge in [0.05, 0.1) is 29.2 Å². The molecule has 0 spiro atoms. The van der Waals surface area contributed by atoms with Crippen molar-refractivity contribution in [1.29, 1.82) is 5.26 Å². The Balaban J connectivity index is 2.39. The average molecular weight is 280 g/mol. The molecule has 0 atom stereocenters. The third-order valence-electron chi connectivity index (χ3n) is 3.38. The van der Waals surface area contributed by atoms with Crippen LogP contribution in [0, 0.1) is 17.1 Å². The van der Waals surface area contributed by atoms with Gasteiger partial charge in [-0.05, 0) is 23.8 Å². The van der Waals surface area contributed by atoms with Crippen LogP contribution in [0.15, 0.2) is 42.5 Å². The number of imidazole rings is 1. The zero-order chi connectivity index (χ0) is 14.8. The van der Waals surface area contributed by atoms with Gasteiger partial charge in [0.2, 0.25) is 0 Å². The van der Waals surface area contributed by atoms with E-state index in [4.69, 9.17) is 11.0 Å². The van der Waals surface area contributed by atoms with Crippen LogP contribution in [0.1, 0.15) is 11.4 Å². The molecule has 0 unspecified atom stereocenters. The van der Waals surface area contributed by atoms with E-state index in [2.05, 4.69) is 11.1 Å². The Labute approximate surface area is 121 Å². The van der Waals surface area contributed by atoms with E-state index < -0.39 is 0 Å². The molecule has 0 fully saturated rings. The number of fused-ring (bicyclic) bond motifs is 1. The molecule has 0 aliphatic heterocycles. The maximum Gasteiger partial charge on any atom is 0.147 e. The SMILES string of the molecule is N#CCc1nc2ccccc2n1-c1c(F)cccc1CN. The molecule has 0 radical (unpaired) electrons. The van der Waals surface area contributed by atoms with Gasteiger partial charge in [-0.25, -0.2) is 9.37 Å². The summed E-state index contributed by atoms with van der Waals surface area (Å²) in [5.74, 6) is 0.138. The van der Waals surface area contributed by atoms with Crippen molar-refractivity contribution in [3.63, 3.8) is 0 Å². The van der Waals surface area contributed by atoms with Gasteiger partial charge in [0.25, 0.3) is 0 Å². The van der Waals surface area contributed by atoms with Crippen molar-refractivity contribution in [3.8, 4) is 11.8 Å². The molecule has 4 nitrogen and oxygen atoms in total. The third kappa shape index (κ3) is 2.16. The minimum Gasteiger partial charge on any atom is -0.326 e. The molecule has 0 saturated carbocycles. The lowest BCUT2D eigenvalue weighted by Gasteiger charge is -2.13. The molecular formula is C16H13FN4. The number of hydrogen-bond acceptors (Lipinski definition) is 3. The van der Waals surface area contributed by atoms with Crippen molar-refractivity contribution in [2.24, 2.45) is 5.73 Å². The van der Waals surface area contributed by atoms with Crippen molar-refractivity contribution in [2.45, 2.75) is 13.0 Å². The van der Waals surface area contributed by atoms with Crippen LogP contribution in [0.4, 0.5) is 4.39 Å². The molecule has 2 N–H and O–H groups in total. The van der Waals surface area contributed by atoms with Crippen LogP contribution in [-0.4, -0.2) is 9.55 Å². The van der Waals surface area contributed by atoms with E-state index in [0.29, 0.717) is 17.1 Å². The fourth-order valence-corrected chi connectivity index (χ4v) is 2.49. The number of benzene rings is 2. The van der Waals surface area contributed by atoms with E-state index in [1.54, 1.807) is 16.7 Å². The molecule has 3 aromatic rings. The molecule has 0 aliphatic rings. The highest BCUT2D eigenvalue weighted by Gasteiger charge is 2.17. The first-order chi connectivity index (χ1) is 10.3. The first-order valence-corrected chi connectivity index (χ1v) is 6.57. The van der Waals surface area contributed by atoms with Gasteiger partial charge in [0.15, 0.2) is 0 Å². The summed E-state index contributed by atoms with van der Waals surface area (Å²) in [5.41, 5.74) is 8.28. The summed E-state index contributed by atoms with van der Waals surface area (Å²) in [5, 5.41) is 8.99. The number of halogens is 1. The minimum absolute atomic E-state index is 0.104. The smallest absolute Gasteiger partial charge is 0.147 e. The fourth-order valence-electron chi connectivity index (χ4n) is 2.49. The van der Waals surface area contributed by atoms with E-state index in [0.717, 1.165) is 11.0 Å². The van der Waals surface area contributed by atoms with Gasteiger partial charge in [-0.15, -0.1) is 0 Å². The molecule has 0 bridgehead atoms. The second kappa shape index (κ2) is 5.35. The van der Waals surface area contributed by atoms with Crippen molar-refractivity contribution >= 4 is 11.0 Å². The van der Waals surface area contributed by atoms with Gasteiger partial charge in [0, 0.05) is 6.54 Å². The maximum absolute atomic E-state index is 14.4. The van der Waals surface area contributed by atoms with Crippen LogP contribution in [0.3, 0.4) is 0 Å². The molecule has 1 heterocycles. The minimum atomic E-state index is -0.375. The van der Waals surface area contributed by atoms with E-state index >= 15 is 0 Å². The van der Waals surface area contributed by atoms with Crippen LogP contribution in [0.2, 0.25) is 0 Å². The lowest BCUT2D eigenvalue weighted by atomic mass is 10.1. The van der Waals surface area contributed by atoms with Gasteiger partial charge in [-0.2, -0.15) is 5.26 Å². The lowest BCUT2D eigenvalue weighted by molar-refractivity contribution is 0.614. The molecule has 0 aliphatic carbocycles. The molecule has 5 heteroatoms. The number of nitrogens with zero attached hydrogens (tertiary/aromatic N) is 3. The summed E-state index contributed by atoms with van der Waals surface area (Å²) in [6.45, 7) is 0.214. The van der Waals surface area contributed by atoms with Crippen LogP contribution in [0.5, 0.6) is 0 Å². The summed E-state index contributed by atoms with van der Waals surface area (Å²) in [6.07, 6.45) is 0.104. The molecule has 2 aromatic carbocycles. The topological polar surface area (TPSA) is 67.6 Å². The van der Waals surface area contributed by atoms with Gasteiger partial charge in [-0.3, -0.25) is 4.57 Å². The highest BCUT2D eigenvalue weighted by atomic mass is 19.1. The van der Waals surface area contributed by atoms with Gasteiger partial charge < -0.3 is 5.73 Å². The quantitative estimate of drug-likeness (QED) is 0.802. The van der Waals surface area contributed by atoms with Crippen LogP contribution in [0.25, 0.3) is 16.7 Å². The number of para-hydroxylation sites is 3. The Morgan fingerprint density at radius 1 is 1.19 bits per heavy atom.